The summed E-state index contributed by atoms with van der Waals surface area (Å²) < 4.78 is 32.7. The van der Waals surface area contributed by atoms with Crippen LogP contribution in [0.5, 0.6) is 5.75 Å². The summed E-state index contributed by atoms with van der Waals surface area (Å²) in [5.74, 6) is 0.198. The van der Waals surface area contributed by atoms with E-state index in [0.29, 0.717) is 28.3 Å². The van der Waals surface area contributed by atoms with E-state index in [0.717, 1.165) is 5.56 Å². The number of hydrogen-bond donors (Lipinski definition) is 3. The molecule has 0 aliphatic rings. The molecule has 2 rings (SSSR count). The van der Waals surface area contributed by atoms with Crippen LogP contribution in [-0.2, 0) is 14.8 Å². The van der Waals surface area contributed by atoms with E-state index in [2.05, 4.69) is 10.0 Å². The van der Waals surface area contributed by atoms with Crippen molar-refractivity contribution in [3.05, 3.63) is 47.0 Å². The van der Waals surface area contributed by atoms with Crippen LogP contribution in [0.4, 0.5) is 11.4 Å². The minimum atomic E-state index is -3.69. The molecule has 0 spiro atoms. The highest BCUT2D eigenvalue weighted by molar-refractivity contribution is 7.89. The molecule has 28 heavy (non-hydrogen) atoms. The Balaban J connectivity index is 0.00000392. The van der Waals surface area contributed by atoms with Gasteiger partial charge in [0.25, 0.3) is 0 Å². The summed E-state index contributed by atoms with van der Waals surface area (Å²) in [4.78, 5) is 12.3. The number of nitrogens with two attached hydrogens (primary N) is 1. The Bertz CT molecular complexity index is 939. The largest absolute Gasteiger partial charge is 0.495 e. The maximum absolute atomic E-state index is 12.6. The molecule has 2 aromatic rings. The first-order chi connectivity index (χ1) is 12.6. The van der Waals surface area contributed by atoms with Crippen LogP contribution < -0.4 is 20.5 Å². The van der Waals surface area contributed by atoms with Gasteiger partial charge in [-0.05, 0) is 50.1 Å². The quantitative estimate of drug-likeness (QED) is 0.588. The molecule has 0 saturated carbocycles. The van der Waals surface area contributed by atoms with Crippen molar-refractivity contribution < 1.29 is 17.9 Å². The first-order valence-corrected chi connectivity index (χ1v) is 9.93. The molecule has 0 saturated heterocycles. The molecular formula is C19H26ClN3O4S. The molecule has 0 atom stereocenters. The van der Waals surface area contributed by atoms with Gasteiger partial charge in [-0.25, -0.2) is 13.1 Å². The lowest BCUT2D eigenvalue weighted by molar-refractivity contribution is -0.116. The van der Waals surface area contributed by atoms with Crippen LogP contribution in [0.2, 0.25) is 0 Å². The Kier molecular flexibility index (Phi) is 8.29. The second-order valence-corrected chi connectivity index (χ2v) is 8.08. The number of halogens is 1. The van der Waals surface area contributed by atoms with Crippen molar-refractivity contribution in [2.24, 2.45) is 0 Å². The van der Waals surface area contributed by atoms with Crippen LogP contribution in [-0.4, -0.2) is 28.0 Å². The summed E-state index contributed by atoms with van der Waals surface area (Å²) in [6, 6.07) is 8.54. The van der Waals surface area contributed by atoms with Crippen molar-refractivity contribution >= 4 is 39.7 Å². The molecule has 0 bridgehead atoms. The minimum Gasteiger partial charge on any atom is -0.495 e. The SMILES string of the molecule is COc1ccc(NC(=O)CCNS(=O)(=O)c2c(C)cc(C)cc2C)cc1N.Cl. The minimum absolute atomic E-state index is 0. The van der Waals surface area contributed by atoms with Crippen LogP contribution in [0.3, 0.4) is 0 Å². The van der Waals surface area contributed by atoms with Gasteiger partial charge in [-0.3, -0.25) is 4.79 Å². The van der Waals surface area contributed by atoms with Gasteiger partial charge in [-0.1, -0.05) is 17.7 Å². The average molecular weight is 428 g/mol. The fourth-order valence-corrected chi connectivity index (χ4v) is 4.48. The lowest BCUT2D eigenvalue weighted by Gasteiger charge is -2.13. The van der Waals surface area contributed by atoms with Crippen molar-refractivity contribution in [3.8, 4) is 5.75 Å². The second kappa shape index (κ2) is 9.77. The van der Waals surface area contributed by atoms with E-state index in [-0.39, 0.29) is 36.2 Å². The third kappa shape index (κ3) is 5.85. The molecule has 2 aromatic carbocycles. The number of methoxy groups -OCH3 is 1. The van der Waals surface area contributed by atoms with Gasteiger partial charge in [-0.2, -0.15) is 0 Å². The summed E-state index contributed by atoms with van der Waals surface area (Å²) in [5.41, 5.74) is 9.08. The molecule has 4 N–H and O–H groups in total. The highest BCUT2D eigenvalue weighted by atomic mass is 35.5. The summed E-state index contributed by atoms with van der Waals surface area (Å²) in [6.07, 6.45) is -0.00484. The van der Waals surface area contributed by atoms with Gasteiger partial charge in [0.05, 0.1) is 17.7 Å². The molecule has 7 nitrogen and oxygen atoms in total. The topological polar surface area (TPSA) is 111 Å². The Morgan fingerprint density at radius 3 is 2.25 bits per heavy atom. The Hall–Kier alpha value is -2.29. The van der Waals surface area contributed by atoms with E-state index in [1.165, 1.54) is 7.11 Å². The molecule has 0 radical (unpaired) electrons. The number of anilines is 2. The van der Waals surface area contributed by atoms with E-state index in [1.807, 2.05) is 19.1 Å². The number of ether oxygens (including phenoxy) is 1. The predicted molar refractivity (Wildman–Crippen MR) is 114 cm³/mol. The van der Waals surface area contributed by atoms with Crippen LogP contribution in [0.1, 0.15) is 23.1 Å². The Morgan fingerprint density at radius 2 is 1.71 bits per heavy atom. The van der Waals surface area contributed by atoms with Crippen LogP contribution >= 0.6 is 12.4 Å². The van der Waals surface area contributed by atoms with E-state index in [9.17, 15) is 13.2 Å². The van der Waals surface area contributed by atoms with Gasteiger partial charge in [0, 0.05) is 18.7 Å². The highest BCUT2D eigenvalue weighted by Gasteiger charge is 2.19. The zero-order chi connectivity index (χ0) is 20.2. The van der Waals surface area contributed by atoms with Crippen LogP contribution in [0, 0.1) is 20.8 Å². The number of rotatable bonds is 7. The molecule has 154 valence electrons. The van der Waals surface area contributed by atoms with Gasteiger partial charge >= 0.3 is 0 Å². The number of nitrogen functional groups attached to an aromatic ring is 1. The van der Waals surface area contributed by atoms with Crippen molar-refractivity contribution in [3.63, 3.8) is 0 Å². The number of hydrogen-bond acceptors (Lipinski definition) is 5. The zero-order valence-corrected chi connectivity index (χ0v) is 18.0. The van der Waals surface area contributed by atoms with Crippen molar-refractivity contribution in [1.29, 1.82) is 0 Å². The third-order valence-electron chi connectivity index (χ3n) is 4.03. The Morgan fingerprint density at radius 1 is 1.11 bits per heavy atom. The number of sulfonamides is 1. The van der Waals surface area contributed by atoms with Crippen molar-refractivity contribution in [1.82, 2.24) is 4.72 Å². The van der Waals surface area contributed by atoms with E-state index < -0.39 is 10.0 Å². The van der Waals surface area contributed by atoms with Gasteiger partial charge in [0.1, 0.15) is 5.75 Å². The lowest BCUT2D eigenvalue weighted by atomic mass is 10.1. The molecule has 0 aromatic heterocycles. The van der Waals surface area contributed by atoms with Gasteiger partial charge < -0.3 is 15.8 Å². The fraction of sp³-hybridized carbons (Fsp3) is 0.316. The lowest BCUT2D eigenvalue weighted by Crippen LogP contribution is -2.29. The van der Waals surface area contributed by atoms with Gasteiger partial charge in [0.2, 0.25) is 15.9 Å². The Labute approximate surface area is 172 Å². The number of aryl methyl sites for hydroxylation is 3. The molecule has 0 aliphatic heterocycles. The molecule has 0 fully saturated rings. The standard InChI is InChI=1S/C19H25N3O4S.ClH/c1-12-9-13(2)19(14(3)10-12)27(24,25)21-8-7-18(23)22-15-5-6-17(26-4)16(20)11-15;/h5-6,9-11,21H,7-8,20H2,1-4H3,(H,22,23);1H. The second-order valence-electron chi connectivity index (χ2n) is 6.38. The maximum atomic E-state index is 12.6. The summed E-state index contributed by atoms with van der Waals surface area (Å²) in [6.45, 7) is 5.43. The molecule has 0 aliphatic carbocycles. The van der Waals surface area contributed by atoms with Gasteiger partial charge in [0.15, 0.2) is 0 Å². The molecule has 0 unspecified atom stereocenters. The number of carbonyl (C=O) groups is 1. The normalized spacial score (nSPS) is 10.9. The summed E-state index contributed by atoms with van der Waals surface area (Å²) in [5, 5.41) is 2.68. The zero-order valence-electron chi connectivity index (χ0n) is 16.3. The monoisotopic (exact) mass is 427 g/mol. The number of benzene rings is 2. The smallest absolute Gasteiger partial charge is 0.241 e. The maximum Gasteiger partial charge on any atom is 0.241 e. The van der Waals surface area contributed by atoms with Crippen LogP contribution in [0.25, 0.3) is 0 Å². The first-order valence-electron chi connectivity index (χ1n) is 8.45. The average Bonchev–Trinajstić information content (AvgIpc) is 2.53. The number of carbonyl (C=O) groups excluding carboxylic acids is 1. The molecule has 9 heteroatoms. The predicted octanol–water partition coefficient (Wildman–Crippen LogP) is 2.93. The summed E-state index contributed by atoms with van der Waals surface area (Å²) >= 11 is 0. The molecular weight excluding hydrogens is 402 g/mol. The van der Waals surface area contributed by atoms with Gasteiger partial charge in [-0.15, -0.1) is 12.4 Å². The number of nitrogens with one attached hydrogen (secondary N) is 2. The highest BCUT2D eigenvalue weighted by Crippen LogP contribution is 2.24. The van der Waals surface area contributed by atoms with E-state index in [1.54, 1.807) is 32.0 Å². The van der Waals surface area contributed by atoms with Crippen molar-refractivity contribution in [2.75, 3.05) is 24.7 Å². The summed E-state index contributed by atoms with van der Waals surface area (Å²) in [7, 11) is -2.18. The van der Waals surface area contributed by atoms with Crippen molar-refractivity contribution in [2.45, 2.75) is 32.1 Å². The fourth-order valence-electron chi connectivity index (χ4n) is 3.00. The van der Waals surface area contributed by atoms with Crippen LogP contribution in [0.15, 0.2) is 35.2 Å². The molecule has 0 heterocycles. The number of amides is 1. The van der Waals surface area contributed by atoms with E-state index >= 15 is 0 Å². The first kappa shape index (κ1) is 23.7. The van der Waals surface area contributed by atoms with E-state index in [4.69, 9.17) is 10.5 Å². The molecule has 1 amide bonds. The third-order valence-corrected chi connectivity index (χ3v) is 5.80.